The van der Waals surface area contributed by atoms with Crippen LogP contribution in [-0.2, 0) is 15.1 Å². The van der Waals surface area contributed by atoms with E-state index in [1.807, 2.05) is 0 Å². The van der Waals surface area contributed by atoms with Crippen LogP contribution in [0.2, 0.25) is 0 Å². The van der Waals surface area contributed by atoms with Gasteiger partial charge >= 0.3 is 10.3 Å². The molecule has 1 saturated heterocycles. The minimum Gasteiger partial charge on any atom is -0.310 e. The van der Waals surface area contributed by atoms with E-state index >= 15 is 0 Å². The first-order chi connectivity index (χ1) is 4.96. The summed E-state index contributed by atoms with van der Waals surface area (Å²) < 4.78 is 29.6. The number of hydrogen-bond donors (Lipinski definition) is 2. The van der Waals surface area contributed by atoms with E-state index in [2.05, 4.69) is 0 Å². The van der Waals surface area contributed by atoms with Gasteiger partial charge in [-0.25, -0.2) is 9.10 Å². The van der Waals surface area contributed by atoms with Gasteiger partial charge in [-0.1, -0.05) is 0 Å². The molecule has 0 aliphatic carbocycles. The number of carbonyl (C=O) groups excluding carboxylic acids is 1. The Labute approximate surface area is 63.2 Å². The molecule has 0 radical (unpaired) electrons. The Morgan fingerprint density at radius 3 is 2.45 bits per heavy atom. The Morgan fingerprint density at radius 2 is 2.27 bits per heavy atom. The first-order valence-corrected chi connectivity index (χ1v) is 4.13. The maximum Gasteiger partial charge on any atom is 0.361 e. The number of nitrogens with two attached hydrogens (primary N) is 1. The standard InChI is InChI=1S/C4H6N2O4S/c5-4-1-3(2-7)6(4)11(8,9)10/h4H,1,5H2,(H,8,9,10). The highest BCUT2D eigenvalue weighted by atomic mass is 32.2. The van der Waals surface area contributed by atoms with Gasteiger partial charge in [0.2, 0.25) is 0 Å². The smallest absolute Gasteiger partial charge is 0.310 e. The van der Waals surface area contributed by atoms with Crippen molar-refractivity contribution in [2.45, 2.75) is 12.6 Å². The maximum absolute atomic E-state index is 10.4. The zero-order chi connectivity index (χ0) is 8.65. The van der Waals surface area contributed by atoms with Crippen LogP contribution in [0.4, 0.5) is 0 Å². The molecule has 1 fully saturated rings. The van der Waals surface area contributed by atoms with E-state index in [4.69, 9.17) is 10.3 Å². The summed E-state index contributed by atoms with van der Waals surface area (Å²) in [7, 11) is -4.37. The van der Waals surface area contributed by atoms with Gasteiger partial charge < -0.3 is 5.73 Å². The van der Waals surface area contributed by atoms with Crippen LogP contribution in [0.3, 0.4) is 0 Å². The van der Waals surface area contributed by atoms with Gasteiger partial charge in [0.1, 0.15) is 17.8 Å². The summed E-state index contributed by atoms with van der Waals surface area (Å²) in [5.41, 5.74) is 5.02. The van der Waals surface area contributed by atoms with Crippen LogP contribution >= 0.6 is 0 Å². The molecule has 0 spiro atoms. The molecule has 1 aliphatic rings. The van der Waals surface area contributed by atoms with Gasteiger partial charge in [0.05, 0.1) is 0 Å². The lowest BCUT2D eigenvalue weighted by Crippen LogP contribution is -2.54. The molecule has 1 atom stereocenters. The third kappa shape index (κ3) is 1.26. The van der Waals surface area contributed by atoms with E-state index in [1.54, 1.807) is 0 Å². The minimum atomic E-state index is -4.37. The molecule has 1 heterocycles. The molecule has 11 heavy (non-hydrogen) atoms. The van der Waals surface area contributed by atoms with Gasteiger partial charge in [-0.05, 0) is 0 Å². The first-order valence-electron chi connectivity index (χ1n) is 2.73. The molecule has 1 rings (SSSR count). The molecular formula is C4H6N2O4S. The Hall–Kier alpha value is -0.880. The molecule has 0 aromatic heterocycles. The zero-order valence-electron chi connectivity index (χ0n) is 5.39. The van der Waals surface area contributed by atoms with Crippen LogP contribution in [-0.4, -0.2) is 29.4 Å². The Morgan fingerprint density at radius 1 is 1.73 bits per heavy atom. The molecule has 0 bridgehead atoms. The largest absolute Gasteiger partial charge is 0.361 e. The fourth-order valence-electron chi connectivity index (χ4n) is 0.856. The highest BCUT2D eigenvalue weighted by molar-refractivity contribution is 7.83. The summed E-state index contributed by atoms with van der Waals surface area (Å²) in [6.45, 7) is 0. The second kappa shape index (κ2) is 2.31. The van der Waals surface area contributed by atoms with Gasteiger partial charge in [0, 0.05) is 6.42 Å². The quantitative estimate of drug-likeness (QED) is 0.375. The maximum atomic E-state index is 10.4. The molecule has 0 aromatic carbocycles. The van der Waals surface area contributed by atoms with E-state index < -0.39 is 16.5 Å². The van der Waals surface area contributed by atoms with Gasteiger partial charge in [-0.3, -0.25) is 4.55 Å². The van der Waals surface area contributed by atoms with Crippen molar-refractivity contribution in [1.29, 1.82) is 0 Å². The summed E-state index contributed by atoms with van der Waals surface area (Å²) in [4.78, 5) is 9.95. The molecule has 7 heteroatoms. The Bertz CT molecular complexity index is 315. The van der Waals surface area contributed by atoms with E-state index in [1.165, 1.54) is 5.94 Å². The van der Waals surface area contributed by atoms with Crippen LogP contribution < -0.4 is 5.73 Å². The average molecular weight is 178 g/mol. The molecule has 6 nitrogen and oxygen atoms in total. The predicted octanol–water partition coefficient (Wildman–Crippen LogP) is -1.50. The molecule has 0 amide bonds. The van der Waals surface area contributed by atoms with Crippen molar-refractivity contribution < 1.29 is 17.8 Å². The van der Waals surface area contributed by atoms with E-state index in [0.29, 0.717) is 4.31 Å². The summed E-state index contributed by atoms with van der Waals surface area (Å²) >= 11 is 0. The normalized spacial score (nSPS) is 24.4. The summed E-state index contributed by atoms with van der Waals surface area (Å²) in [6.07, 6.45) is -0.704. The third-order valence-electron chi connectivity index (χ3n) is 1.34. The van der Waals surface area contributed by atoms with E-state index in [0.717, 1.165) is 0 Å². The van der Waals surface area contributed by atoms with Crippen molar-refractivity contribution in [2.24, 2.45) is 5.73 Å². The van der Waals surface area contributed by atoms with Crippen molar-refractivity contribution in [3.05, 3.63) is 5.70 Å². The van der Waals surface area contributed by atoms with Gasteiger partial charge in [0.25, 0.3) is 0 Å². The second-order valence-corrected chi connectivity index (χ2v) is 3.38. The lowest BCUT2D eigenvalue weighted by Gasteiger charge is -2.36. The lowest BCUT2D eigenvalue weighted by atomic mass is 10.1. The van der Waals surface area contributed by atoms with Crippen molar-refractivity contribution in [1.82, 2.24) is 4.31 Å². The van der Waals surface area contributed by atoms with E-state index in [-0.39, 0.29) is 12.1 Å². The summed E-state index contributed by atoms with van der Waals surface area (Å²) in [5, 5.41) is 0. The van der Waals surface area contributed by atoms with Crippen LogP contribution in [0.15, 0.2) is 5.70 Å². The van der Waals surface area contributed by atoms with Gasteiger partial charge in [-0.2, -0.15) is 8.42 Å². The predicted molar refractivity (Wildman–Crippen MR) is 35.2 cm³/mol. The lowest BCUT2D eigenvalue weighted by molar-refractivity contribution is 0.253. The number of rotatable bonds is 1. The fourth-order valence-corrected chi connectivity index (χ4v) is 1.66. The van der Waals surface area contributed by atoms with Gasteiger partial charge in [-0.15, -0.1) is 0 Å². The molecule has 0 aromatic rings. The van der Waals surface area contributed by atoms with Crippen LogP contribution in [0.5, 0.6) is 0 Å². The molecule has 62 valence electrons. The minimum absolute atomic E-state index is 0.128. The third-order valence-corrected chi connectivity index (χ3v) is 2.32. The van der Waals surface area contributed by atoms with Crippen LogP contribution in [0.25, 0.3) is 0 Å². The topological polar surface area (TPSA) is 101 Å². The van der Waals surface area contributed by atoms with Crippen molar-refractivity contribution in [3.63, 3.8) is 0 Å². The molecule has 1 unspecified atom stereocenters. The summed E-state index contributed by atoms with van der Waals surface area (Å²) in [6, 6.07) is 0. The molecule has 1 aliphatic heterocycles. The van der Waals surface area contributed by atoms with Crippen LogP contribution in [0.1, 0.15) is 6.42 Å². The Balaban J connectivity index is 2.97. The number of nitrogens with zero attached hydrogens (tertiary/aromatic N) is 1. The van der Waals surface area contributed by atoms with E-state index in [9.17, 15) is 13.2 Å². The Kier molecular flexibility index (Phi) is 1.73. The SMILES string of the molecule is NC1CC(=C=O)N1S(=O)(=O)O. The first kappa shape index (κ1) is 8.22. The average Bonchev–Trinajstić information content (AvgIpc) is 1.77. The highest BCUT2D eigenvalue weighted by Gasteiger charge is 2.39. The zero-order valence-corrected chi connectivity index (χ0v) is 6.21. The highest BCUT2D eigenvalue weighted by Crippen LogP contribution is 2.26. The van der Waals surface area contributed by atoms with Crippen molar-refractivity contribution in [3.8, 4) is 0 Å². The van der Waals surface area contributed by atoms with Gasteiger partial charge in [0.15, 0.2) is 0 Å². The molecule has 3 N–H and O–H groups in total. The number of hydrogen-bond acceptors (Lipinski definition) is 4. The van der Waals surface area contributed by atoms with Crippen molar-refractivity contribution >= 4 is 16.2 Å². The molecule has 0 saturated carbocycles. The van der Waals surface area contributed by atoms with Crippen molar-refractivity contribution in [2.75, 3.05) is 0 Å². The fraction of sp³-hybridized carbons (Fsp3) is 0.500. The second-order valence-electron chi connectivity index (χ2n) is 2.09. The summed E-state index contributed by atoms with van der Waals surface area (Å²) in [5.74, 6) is 1.36. The van der Waals surface area contributed by atoms with Crippen LogP contribution in [0, 0.1) is 0 Å². The molecular weight excluding hydrogens is 172 g/mol. The monoisotopic (exact) mass is 178 g/mol.